The van der Waals surface area contributed by atoms with Crippen molar-refractivity contribution in [3.8, 4) is 0 Å². The molecule has 0 aromatic heterocycles. The molecule has 116 valence electrons. The molecule has 1 heterocycles. The van der Waals surface area contributed by atoms with Crippen molar-refractivity contribution in [1.82, 2.24) is 10.2 Å². The van der Waals surface area contributed by atoms with Crippen LogP contribution in [0.25, 0.3) is 0 Å². The molecule has 1 aliphatic heterocycles. The number of nitrogens with one attached hydrogen (secondary N) is 1. The van der Waals surface area contributed by atoms with Gasteiger partial charge >= 0.3 is 0 Å². The highest BCUT2D eigenvalue weighted by Crippen LogP contribution is 2.25. The maximum absolute atomic E-state index is 12.7. The van der Waals surface area contributed by atoms with Gasteiger partial charge < -0.3 is 10.2 Å². The first kappa shape index (κ1) is 16.0. The highest BCUT2D eigenvalue weighted by molar-refractivity contribution is 5.87. The zero-order valence-corrected chi connectivity index (χ0v) is 13.6. The molecule has 0 spiro atoms. The molecule has 3 nitrogen and oxygen atoms in total. The van der Waals surface area contributed by atoms with Gasteiger partial charge in [-0.15, -0.1) is 0 Å². The number of amides is 1. The molecule has 1 aromatic rings. The molecule has 1 atom stereocenters. The van der Waals surface area contributed by atoms with E-state index in [4.69, 9.17) is 0 Å². The van der Waals surface area contributed by atoms with Gasteiger partial charge in [-0.25, -0.2) is 0 Å². The lowest BCUT2D eigenvalue weighted by molar-refractivity contribution is -0.135. The Labute approximate surface area is 128 Å². The Hall–Kier alpha value is -1.35. The van der Waals surface area contributed by atoms with Gasteiger partial charge in [0, 0.05) is 19.6 Å². The smallest absolute Gasteiger partial charge is 0.232 e. The molecule has 1 unspecified atom stereocenters. The minimum absolute atomic E-state index is 0.199. The van der Waals surface area contributed by atoms with Crippen molar-refractivity contribution in [1.29, 1.82) is 0 Å². The molecule has 3 heteroatoms. The van der Waals surface area contributed by atoms with Gasteiger partial charge in [-0.05, 0) is 45.2 Å². The van der Waals surface area contributed by atoms with Crippen molar-refractivity contribution >= 4 is 5.91 Å². The molecule has 1 fully saturated rings. The summed E-state index contributed by atoms with van der Waals surface area (Å²) in [5, 5.41) is 3.55. The molecule has 1 aromatic carbocycles. The standard InChI is InChI=1S/C18H28N2O/c1-18(2,15-9-5-4-6-10-15)17(21)20(3)14-12-16-11-7-8-13-19-16/h4-6,9-10,16,19H,7-8,11-14H2,1-3H3. The Morgan fingerprint density at radius 2 is 2.00 bits per heavy atom. The number of piperidine rings is 1. The SMILES string of the molecule is CN(CCC1CCCCN1)C(=O)C(C)(C)c1ccccc1. The first-order chi connectivity index (χ1) is 10.0. The van der Waals surface area contributed by atoms with Gasteiger partial charge in [-0.1, -0.05) is 36.8 Å². The molecule has 21 heavy (non-hydrogen) atoms. The summed E-state index contributed by atoms with van der Waals surface area (Å²) in [4.78, 5) is 14.6. The minimum Gasteiger partial charge on any atom is -0.345 e. The third-order valence-electron chi connectivity index (χ3n) is 4.60. The van der Waals surface area contributed by atoms with Gasteiger partial charge in [0.15, 0.2) is 0 Å². The van der Waals surface area contributed by atoms with Gasteiger partial charge in [0.1, 0.15) is 0 Å². The van der Waals surface area contributed by atoms with Crippen molar-refractivity contribution in [2.75, 3.05) is 20.1 Å². The largest absolute Gasteiger partial charge is 0.345 e. The summed E-state index contributed by atoms with van der Waals surface area (Å²) in [6.07, 6.45) is 4.88. The van der Waals surface area contributed by atoms with Gasteiger partial charge in [0.25, 0.3) is 0 Å². The first-order valence-corrected chi connectivity index (χ1v) is 8.06. The number of nitrogens with zero attached hydrogens (tertiary/aromatic N) is 1. The summed E-state index contributed by atoms with van der Waals surface area (Å²) in [5.41, 5.74) is 0.619. The van der Waals surface area contributed by atoms with Crippen molar-refractivity contribution in [2.45, 2.75) is 51.0 Å². The van der Waals surface area contributed by atoms with Crippen LogP contribution in [-0.4, -0.2) is 37.0 Å². The molecular formula is C18H28N2O. The van der Waals surface area contributed by atoms with Crippen LogP contribution in [0, 0.1) is 0 Å². The number of hydrogen-bond donors (Lipinski definition) is 1. The normalized spacial score (nSPS) is 19.3. The van der Waals surface area contributed by atoms with Crippen molar-refractivity contribution in [2.24, 2.45) is 0 Å². The van der Waals surface area contributed by atoms with Crippen LogP contribution in [0.5, 0.6) is 0 Å². The Kier molecular flexibility index (Phi) is 5.40. The topological polar surface area (TPSA) is 32.3 Å². The highest BCUT2D eigenvalue weighted by Gasteiger charge is 2.32. The number of hydrogen-bond acceptors (Lipinski definition) is 2. The minimum atomic E-state index is -0.462. The predicted octanol–water partition coefficient (Wildman–Crippen LogP) is 2.95. The summed E-state index contributed by atoms with van der Waals surface area (Å²) in [7, 11) is 1.93. The Bertz CT molecular complexity index is 450. The van der Waals surface area contributed by atoms with Crippen molar-refractivity contribution in [3.05, 3.63) is 35.9 Å². The quantitative estimate of drug-likeness (QED) is 0.903. The average molecular weight is 288 g/mol. The Morgan fingerprint density at radius 1 is 1.29 bits per heavy atom. The fourth-order valence-corrected chi connectivity index (χ4v) is 3.08. The van der Waals surface area contributed by atoms with E-state index in [-0.39, 0.29) is 5.91 Å². The lowest BCUT2D eigenvalue weighted by Gasteiger charge is -2.31. The number of rotatable bonds is 5. The molecule has 1 saturated heterocycles. The number of likely N-dealkylation sites (N-methyl/N-ethyl adjacent to an activating group) is 1. The molecule has 0 bridgehead atoms. The second-order valence-electron chi connectivity index (χ2n) is 6.65. The highest BCUT2D eigenvalue weighted by atomic mass is 16.2. The molecule has 1 amide bonds. The number of carbonyl (C=O) groups excluding carboxylic acids is 1. The second-order valence-corrected chi connectivity index (χ2v) is 6.65. The van der Waals surface area contributed by atoms with Gasteiger partial charge in [0.05, 0.1) is 5.41 Å². The molecule has 1 aliphatic rings. The molecule has 1 N–H and O–H groups in total. The number of benzene rings is 1. The second kappa shape index (κ2) is 7.08. The van der Waals surface area contributed by atoms with Crippen LogP contribution in [0.3, 0.4) is 0 Å². The van der Waals surface area contributed by atoms with Crippen LogP contribution < -0.4 is 5.32 Å². The van der Waals surface area contributed by atoms with Gasteiger partial charge in [0.2, 0.25) is 5.91 Å². The van der Waals surface area contributed by atoms with Gasteiger partial charge in [-0.2, -0.15) is 0 Å². The van der Waals surface area contributed by atoms with E-state index in [2.05, 4.69) is 5.32 Å². The van der Waals surface area contributed by atoms with E-state index in [1.807, 2.05) is 56.1 Å². The lowest BCUT2D eigenvalue weighted by Crippen LogP contribution is -2.44. The van der Waals surface area contributed by atoms with Crippen LogP contribution in [-0.2, 0) is 10.2 Å². The van der Waals surface area contributed by atoms with Crippen LogP contribution >= 0.6 is 0 Å². The summed E-state index contributed by atoms with van der Waals surface area (Å²) in [5.74, 6) is 0.199. The fourth-order valence-electron chi connectivity index (χ4n) is 3.08. The molecule has 0 saturated carbocycles. The number of carbonyl (C=O) groups is 1. The van der Waals surface area contributed by atoms with Crippen LogP contribution in [0.4, 0.5) is 0 Å². The molecule has 0 aliphatic carbocycles. The predicted molar refractivity (Wildman–Crippen MR) is 87.4 cm³/mol. The van der Waals surface area contributed by atoms with E-state index < -0.39 is 5.41 Å². The molecule has 2 rings (SSSR count). The maximum Gasteiger partial charge on any atom is 0.232 e. The van der Waals surface area contributed by atoms with Crippen LogP contribution in [0.1, 0.15) is 45.1 Å². The van der Waals surface area contributed by atoms with E-state index in [9.17, 15) is 4.79 Å². The average Bonchev–Trinajstić information content (AvgIpc) is 2.53. The molecule has 0 radical (unpaired) electrons. The van der Waals surface area contributed by atoms with E-state index in [1.165, 1.54) is 19.3 Å². The third-order valence-corrected chi connectivity index (χ3v) is 4.60. The summed E-state index contributed by atoms with van der Waals surface area (Å²) in [6, 6.07) is 10.6. The van der Waals surface area contributed by atoms with Crippen molar-refractivity contribution < 1.29 is 4.79 Å². The zero-order chi connectivity index (χ0) is 15.3. The summed E-state index contributed by atoms with van der Waals surface area (Å²) >= 11 is 0. The van der Waals surface area contributed by atoms with E-state index in [1.54, 1.807) is 0 Å². The molecular weight excluding hydrogens is 260 g/mol. The fraction of sp³-hybridized carbons (Fsp3) is 0.611. The van der Waals surface area contributed by atoms with E-state index >= 15 is 0 Å². The maximum atomic E-state index is 12.7. The Morgan fingerprint density at radius 3 is 2.62 bits per heavy atom. The van der Waals surface area contributed by atoms with Crippen LogP contribution in [0.15, 0.2) is 30.3 Å². The van der Waals surface area contributed by atoms with Crippen molar-refractivity contribution in [3.63, 3.8) is 0 Å². The summed E-state index contributed by atoms with van der Waals surface area (Å²) < 4.78 is 0. The monoisotopic (exact) mass is 288 g/mol. The summed E-state index contributed by atoms with van der Waals surface area (Å²) in [6.45, 7) is 5.98. The first-order valence-electron chi connectivity index (χ1n) is 8.06. The zero-order valence-electron chi connectivity index (χ0n) is 13.6. The Balaban J connectivity index is 1.91. The van der Waals surface area contributed by atoms with E-state index in [0.717, 1.165) is 25.1 Å². The lowest BCUT2D eigenvalue weighted by atomic mass is 9.83. The van der Waals surface area contributed by atoms with Gasteiger partial charge in [-0.3, -0.25) is 4.79 Å². The van der Waals surface area contributed by atoms with E-state index in [0.29, 0.717) is 6.04 Å². The van der Waals surface area contributed by atoms with Crippen LogP contribution in [0.2, 0.25) is 0 Å². The third kappa shape index (κ3) is 4.07.